The second-order valence-electron chi connectivity index (χ2n) is 8.37. The molecule has 0 aliphatic rings. The fourth-order valence-corrected chi connectivity index (χ4v) is 3.75. The number of nitrogens with zero attached hydrogens (tertiary/aromatic N) is 1. The minimum Gasteiger partial charge on any atom is -0.490 e. The van der Waals surface area contributed by atoms with Gasteiger partial charge in [0.05, 0.1) is 6.61 Å². The third-order valence-corrected chi connectivity index (χ3v) is 5.13. The number of ether oxygens (including phenoxy) is 2. The Morgan fingerprint density at radius 1 is 0.909 bits per heavy atom. The second-order valence-corrected chi connectivity index (χ2v) is 8.37. The van der Waals surface area contributed by atoms with E-state index in [1.165, 1.54) is 0 Å². The molecule has 2 aromatic rings. The van der Waals surface area contributed by atoms with Crippen molar-refractivity contribution in [1.29, 1.82) is 0 Å². The van der Waals surface area contributed by atoms with Gasteiger partial charge in [0.25, 0.3) is 11.8 Å². The second kappa shape index (κ2) is 12.8. The van der Waals surface area contributed by atoms with E-state index in [1.54, 1.807) is 13.1 Å². The lowest BCUT2D eigenvalue weighted by Crippen LogP contribution is -2.44. The van der Waals surface area contributed by atoms with Crippen LogP contribution in [0.3, 0.4) is 0 Å². The van der Waals surface area contributed by atoms with Crippen molar-refractivity contribution in [3.63, 3.8) is 0 Å². The first kappa shape index (κ1) is 26.2. The number of hydrogen-bond donors (Lipinski definition) is 2. The Labute approximate surface area is 197 Å². The zero-order chi connectivity index (χ0) is 24.4. The van der Waals surface area contributed by atoms with Gasteiger partial charge < -0.3 is 25.0 Å². The molecule has 2 amide bonds. The van der Waals surface area contributed by atoms with Crippen molar-refractivity contribution in [3.8, 4) is 11.5 Å². The number of amides is 2. The lowest BCUT2D eigenvalue weighted by molar-refractivity contribution is -0.137. The molecule has 0 atom stereocenters. The van der Waals surface area contributed by atoms with E-state index in [2.05, 4.69) is 10.6 Å². The van der Waals surface area contributed by atoms with Crippen molar-refractivity contribution in [1.82, 2.24) is 15.5 Å². The van der Waals surface area contributed by atoms with Crippen molar-refractivity contribution in [2.45, 2.75) is 59.8 Å². The van der Waals surface area contributed by atoms with Crippen LogP contribution in [0.4, 0.5) is 0 Å². The molecule has 7 heteroatoms. The number of carbonyl (C=O) groups excluding carboxylic acids is 2. The highest BCUT2D eigenvalue weighted by molar-refractivity contribution is 5.94. The lowest BCUT2D eigenvalue weighted by atomic mass is 10.1. The monoisotopic (exact) mass is 455 g/mol. The van der Waals surface area contributed by atoms with Crippen LogP contribution in [-0.2, 0) is 17.9 Å². The maximum Gasteiger partial charge on any atom is 0.260 e. The Balaban J connectivity index is 2.00. The summed E-state index contributed by atoms with van der Waals surface area (Å²) >= 11 is 0. The highest BCUT2D eigenvalue weighted by atomic mass is 16.5. The largest absolute Gasteiger partial charge is 0.490 e. The molecule has 2 aromatic carbocycles. The van der Waals surface area contributed by atoms with Gasteiger partial charge in [-0.3, -0.25) is 9.59 Å². The summed E-state index contributed by atoms with van der Waals surface area (Å²) < 4.78 is 11.6. The van der Waals surface area contributed by atoms with Crippen LogP contribution in [0.25, 0.3) is 0 Å². The molecule has 0 spiro atoms. The minimum atomic E-state index is -0.0998. The molecule has 0 saturated carbocycles. The minimum absolute atomic E-state index is 0.0320. The van der Waals surface area contributed by atoms with E-state index in [0.29, 0.717) is 36.8 Å². The molecule has 33 heavy (non-hydrogen) atoms. The van der Waals surface area contributed by atoms with Gasteiger partial charge in [0.1, 0.15) is 0 Å². The normalized spacial score (nSPS) is 10.9. The summed E-state index contributed by atoms with van der Waals surface area (Å²) in [6.45, 7) is 11.6. The maximum absolute atomic E-state index is 12.6. The summed E-state index contributed by atoms with van der Waals surface area (Å²) in [5.74, 6) is 1.02. The first-order valence-electron chi connectivity index (χ1n) is 11.5. The molecule has 0 bridgehead atoms. The van der Waals surface area contributed by atoms with E-state index >= 15 is 0 Å². The maximum atomic E-state index is 12.6. The zero-order valence-corrected chi connectivity index (χ0v) is 20.6. The van der Waals surface area contributed by atoms with Crippen molar-refractivity contribution < 1.29 is 19.1 Å². The van der Waals surface area contributed by atoms with Crippen LogP contribution in [-0.4, -0.2) is 49.1 Å². The lowest BCUT2D eigenvalue weighted by Gasteiger charge is -2.30. The van der Waals surface area contributed by atoms with Gasteiger partial charge in [0, 0.05) is 37.8 Å². The molecule has 0 aliphatic heterocycles. The molecule has 0 radical (unpaired) electrons. The van der Waals surface area contributed by atoms with Crippen LogP contribution in [0.15, 0.2) is 42.5 Å². The summed E-state index contributed by atoms with van der Waals surface area (Å²) in [6.07, 6.45) is 0. The van der Waals surface area contributed by atoms with Crippen LogP contribution >= 0.6 is 0 Å². The van der Waals surface area contributed by atoms with Gasteiger partial charge >= 0.3 is 0 Å². The summed E-state index contributed by atoms with van der Waals surface area (Å²) in [4.78, 5) is 26.2. The Hall–Kier alpha value is -3.06. The molecule has 180 valence electrons. The highest BCUT2D eigenvalue weighted by Crippen LogP contribution is 2.29. The molecule has 2 N–H and O–H groups in total. The molecule has 2 rings (SSSR count). The van der Waals surface area contributed by atoms with Crippen LogP contribution in [0, 0.1) is 0 Å². The first-order valence-corrected chi connectivity index (χ1v) is 11.5. The Kier molecular flexibility index (Phi) is 10.2. The summed E-state index contributed by atoms with van der Waals surface area (Å²) in [6, 6.07) is 13.5. The Morgan fingerprint density at radius 3 is 2.18 bits per heavy atom. The number of hydrogen-bond acceptors (Lipinski definition) is 5. The number of benzene rings is 2. The predicted octanol–water partition coefficient (Wildman–Crippen LogP) is 3.76. The highest BCUT2D eigenvalue weighted by Gasteiger charge is 2.21. The van der Waals surface area contributed by atoms with Crippen molar-refractivity contribution in [3.05, 3.63) is 59.2 Å². The number of rotatable bonds is 12. The quantitative estimate of drug-likeness (QED) is 0.509. The molecule has 0 aliphatic carbocycles. The Bertz CT molecular complexity index is 920. The Morgan fingerprint density at radius 2 is 1.58 bits per heavy atom. The molecular formula is C26H37N3O4. The summed E-state index contributed by atoms with van der Waals surface area (Å²) in [5.41, 5.74) is 2.70. The van der Waals surface area contributed by atoms with E-state index in [1.807, 2.05) is 75.9 Å². The van der Waals surface area contributed by atoms with Crippen LogP contribution in [0.5, 0.6) is 11.5 Å². The van der Waals surface area contributed by atoms with E-state index in [0.717, 1.165) is 11.1 Å². The van der Waals surface area contributed by atoms with Gasteiger partial charge in [-0.15, -0.1) is 0 Å². The van der Waals surface area contributed by atoms with Crippen LogP contribution in [0.2, 0.25) is 0 Å². The molecule has 7 nitrogen and oxygen atoms in total. The third kappa shape index (κ3) is 7.79. The zero-order valence-electron chi connectivity index (χ0n) is 20.6. The molecule has 0 heterocycles. The van der Waals surface area contributed by atoms with Gasteiger partial charge in [0.2, 0.25) is 0 Å². The molecule has 0 unspecified atom stereocenters. The van der Waals surface area contributed by atoms with E-state index in [9.17, 15) is 9.59 Å². The van der Waals surface area contributed by atoms with E-state index < -0.39 is 0 Å². The standard InChI is InChI=1S/C26H37N3O4/c1-7-32-24-14-21(16-28-15-20-9-8-10-22(13-20)26(31)27-6)11-12-23(24)33-17-25(30)29(18(2)3)19(4)5/h8-14,18-19,28H,7,15-17H2,1-6H3,(H,27,31). The van der Waals surface area contributed by atoms with Crippen LogP contribution in [0.1, 0.15) is 56.1 Å². The average Bonchev–Trinajstić information content (AvgIpc) is 2.78. The summed E-state index contributed by atoms with van der Waals surface area (Å²) in [5, 5.41) is 6.03. The van der Waals surface area contributed by atoms with Gasteiger partial charge in [-0.2, -0.15) is 0 Å². The van der Waals surface area contributed by atoms with Crippen LogP contribution < -0.4 is 20.1 Å². The SMILES string of the molecule is CCOc1cc(CNCc2cccc(C(=O)NC)c2)ccc1OCC(=O)N(C(C)C)C(C)C. The van der Waals surface area contributed by atoms with E-state index in [-0.39, 0.29) is 30.5 Å². The van der Waals surface area contributed by atoms with E-state index in [4.69, 9.17) is 9.47 Å². The van der Waals surface area contributed by atoms with Gasteiger partial charge in [-0.05, 0) is 70.0 Å². The molecule has 0 saturated heterocycles. The fraction of sp³-hybridized carbons (Fsp3) is 0.462. The number of nitrogens with one attached hydrogen (secondary N) is 2. The fourth-order valence-electron chi connectivity index (χ4n) is 3.75. The summed E-state index contributed by atoms with van der Waals surface area (Å²) in [7, 11) is 1.62. The van der Waals surface area contributed by atoms with Crippen molar-refractivity contribution in [2.24, 2.45) is 0 Å². The van der Waals surface area contributed by atoms with Crippen molar-refractivity contribution in [2.75, 3.05) is 20.3 Å². The molecule has 0 aromatic heterocycles. The number of carbonyl (C=O) groups is 2. The third-order valence-electron chi connectivity index (χ3n) is 5.13. The van der Waals surface area contributed by atoms with Gasteiger partial charge in [-0.1, -0.05) is 18.2 Å². The predicted molar refractivity (Wildman–Crippen MR) is 131 cm³/mol. The smallest absolute Gasteiger partial charge is 0.260 e. The van der Waals surface area contributed by atoms with Gasteiger partial charge in [0.15, 0.2) is 18.1 Å². The average molecular weight is 456 g/mol. The van der Waals surface area contributed by atoms with Crippen molar-refractivity contribution >= 4 is 11.8 Å². The first-order chi connectivity index (χ1) is 15.8. The molecular weight excluding hydrogens is 418 g/mol. The van der Waals surface area contributed by atoms with Gasteiger partial charge in [-0.25, -0.2) is 0 Å². The molecule has 0 fully saturated rings. The topological polar surface area (TPSA) is 79.9 Å².